The Morgan fingerprint density at radius 1 is 1.43 bits per heavy atom. The molecule has 1 aliphatic heterocycles. The number of rotatable bonds is 6. The van der Waals surface area contributed by atoms with E-state index in [9.17, 15) is 5.11 Å². The van der Waals surface area contributed by atoms with Crippen LogP contribution in [-0.2, 0) is 6.54 Å². The van der Waals surface area contributed by atoms with Crippen molar-refractivity contribution < 1.29 is 5.11 Å². The average Bonchev–Trinajstić information content (AvgIpc) is 2.46. The van der Waals surface area contributed by atoms with Gasteiger partial charge in [-0.2, -0.15) is 0 Å². The summed E-state index contributed by atoms with van der Waals surface area (Å²) in [6.07, 6.45) is 3.38. The van der Waals surface area contributed by atoms with Crippen molar-refractivity contribution in [2.24, 2.45) is 5.92 Å². The summed E-state index contributed by atoms with van der Waals surface area (Å²) >= 11 is 3.60. The van der Waals surface area contributed by atoms with Crippen LogP contribution in [0.25, 0.3) is 0 Å². The van der Waals surface area contributed by atoms with Crippen LogP contribution < -0.4 is 10.2 Å². The predicted molar refractivity (Wildman–Crippen MR) is 92.8 cm³/mol. The Balaban J connectivity index is 2.14. The zero-order chi connectivity index (χ0) is 15.2. The second kappa shape index (κ2) is 8.16. The van der Waals surface area contributed by atoms with E-state index in [1.165, 1.54) is 24.1 Å². The molecule has 1 fully saturated rings. The first-order valence-electron chi connectivity index (χ1n) is 7.97. The normalized spacial score (nSPS) is 19.3. The van der Waals surface area contributed by atoms with Gasteiger partial charge in [0, 0.05) is 42.4 Å². The molecule has 0 radical (unpaired) electrons. The number of aliphatic hydroxyl groups excluding tert-OH is 1. The van der Waals surface area contributed by atoms with Gasteiger partial charge in [0.15, 0.2) is 0 Å². The Morgan fingerprint density at radius 2 is 2.24 bits per heavy atom. The van der Waals surface area contributed by atoms with E-state index < -0.39 is 0 Å². The van der Waals surface area contributed by atoms with Gasteiger partial charge in [-0.1, -0.05) is 35.8 Å². The molecule has 2 N–H and O–H groups in total. The van der Waals surface area contributed by atoms with E-state index >= 15 is 0 Å². The van der Waals surface area contributed by atoms with Crippen molar-refractivity contribution in [3.05, 3.63) is 28.2 Å². The standard InChI is InChI=1S/C17H27BrN2O/c1-13(2)19-11-15-5-6-16(18)10-17(15)20-8-3-4-14(12-20)7-9-21/h5-6,10,13-14,19,21H,3-4,7-9,11-12H2,1-2H3. The average molecular weight is 355 g/mol. The van der Waals surface area contributed by atoms with Crippen LogP contribution in [0.3, 0.4) is 0 Å². The summed E-state index contributed by atoms with van der Waals surface area (Å²) < 4.78 is 1.13. The summed E-state index contributed by atoms with van der Waals surface area (Å²) in [5.41, 5.74) is 2.69. The molecule has 1 aromatic carbocycles. The van der Waals surface area contributed by atoms with Crippen molar-refractivity contribution in [3.8, 4) is 0 Å². The van der Waals surface area contributed by atoms with Gasteiger partial charge in [-0.25, -0.2) is 0 Å². The Hall–Kier alpha value is -0.580. The number of halogens is 1. The van der Waals surface area contributed by atoms with E-state index in [1.54, 1.807) is 0 Å². The molecule has 2 rings (SSSR count). The van der Waals surface area contributed by atoms with Gasteiger partial charge in [0.25, 0.3) is 0 Å². The summed E-state index contributed by atoms with van der Waals surface area (Å²) in [4.78, 5) is 2.49. The van der Waals surface area contributed by atoms with Crippen molar-refractivity contribution in [3.63, 3.8) is 0 Å². The number of nitrogens with zero attached hydrogens (tertiary/aromatic N) is 1. The van der Waals surface area contributed by atoms with Crippen molar-refractivity contribution in [1.82, 2.24) is 5.32 Å². The molecule has 1 saturated heterocycles. The molecule has 4 heteroatoms. The van der Waals surface area contributed by atoms with Gasteiger partial charge in [-0.15, -0.1) is 0 Å². The maximum Gasteiger partial charge on any atom is 0.0434 e. The third kappa shape index (κ3) is 4.97. The second-order valence-corrected chi connectivity index (χ2v) is 7.19. The first-order valence-corrected chi connectivity index (χ1v) is 8.77. The maximum atomic E-state index is 9.18. The molecule has 1 atom stereocenters. The largest absolute Gasteiger partial charge is 0.396 e. The van der Waals surface area contributed by atoms with Gasteiger partial charge >= 0.3 is 0 Å². The second-order valence-electron chi connectivity index (χ2n) is 6.28. The van der Waals surface area contributed by atoms with Gasteiger partial charge in [-0.05, 0) is 42.9 Å². The zero-order valence-corrected chi connectivity index (χ0v) is 14.7. The lowest BCUT2D eigenvalue weighted by atomic mass is 9.94. The lowest BCUT2D eigenvalue weighted by Crippen LogP contribution is -2.36. The third-order valence-corrected chi connectivity index (χ3v) is 4.64. The SMILES string of the molecule is CC(C)NCc1ccc(Br)cc1N1CCCC(CCO)C1. The molecule has 0 spiro atoms. The highest BCUT2D eigenvalue weighted by Gasteiger charge is 2.21. The van der Waals surface area contributed by atoms with Crippen LogP contribution in [0.2, 0.25) is 0 Å². The van der Waals surface area contributed by atoms with E-state index in [0.29, 0.717) is 18.6 Å². The van der Waals surface area contributed by atoms with Gasteiger partial charge in [0.05, 0.1) is 0 Å². The number of piperidine rings is 1. The van der Waals surface area contributed by atoms with Crippen LogP contribution >= 0.6 is 15.9 Å². The van der Waals surface area contributed by atoms with E-state index in [2.05, 4.69) is 58.2 Å². The number of aliphatic hydroxyl groups is 1. The van der Waals surface area contributed by atoms with E-state index in [0.717, 1.165) is 30.5 Å². The van der Waals surface area contributed by atoms with Crippen LogP contribution in [0.15, 0.2) is 22.7 Å². The zero-order valence-electron chi connectivity index (χ0n) is 13.1. The van der Waals surface area contributed by atoms with Crippen LogP contribution in [0.5, 0.6) is 0 Å². The van der Waals surface area contributed by atoms with Crippen molar-refractivity contribution >= 4 is 21.6 Å². The Labute approximate surface area is 136 Å². The molecule has 3 nitrogen and oxygen atoms in total. The minimum absolute atomic E-state index is 0.304. The van der Waals surface area contributed by atoms with Gasteiger partial charge < -0.3 is 15.3 Å². The summed E-state index contributed by atoms with van der Waals surface area (Å²) in [5, 5.41) is 12.7. The fourth-order valence-electron chi connectivity index (χ4n) is 3.00. The van der Waals surface area contributed by atoms with Crippen LogP contribution in [0.4, 0.5) is 5.69 Å². The minimum atomic E-state index is 0.304. The number of hydrogen-bond donors (Lipinski definition) is 2. The molecule has 1 heterocycles. The third-order valence-electron chi connectivity index (χ3n) is 4.15. The van der Waals surface area contributed by atoms with Crippen LogP contribution in [0, 0.1) is 5.92 Å². The molecule has 0 aromatic heterocycles. The number of anilines is 1. The highest BCUT2D eigenvalue weighted by Crippen LogP contribution is 2.30. The molecule has 1 aromatic rings. The lowest BCUT2D eigenvalue weighted by Gasteiger charge is -2.35. The molecule has 1 unspecified atom stereocenters. The molecule has 21 heavy (non-hydrogen) atoms. The highest BCUT2D eigenvalue weighted by atomic mass is 79.9. The predicted octanol–water partition coefficient (Wildman–Crippen LogP) is 3.55. The Morgan fingerprint density at radius 3 is 2.95 bits per heavy atom. The summed E-state index contributed by atoms with van der Waals surface area (Å²) in [6, 6.07) is 7.06. The van der Waals surface area contributed by atoms with Gasteiger partial charge in [0.2, 0.25) is 0 Å². The fourth-order valence-corrected chi connectivity index (χ4v) is 3.35. The minimum Gasteiger partial charge on any atom is -0.396 e. The van der Waals surface area contributed by atoms with Crippen molar-refractivity contribution in [2.75, 3.05) is 24.6 Å². The molecule has 118 valence electrons. The molecule has 0 aliphatic carbocycles. The quantitative estimate of drug-likeness (QED) is 0.819. The molecule has 1 aliphatic rings. The molecular weight excluding hydrogens is 328 g/mol. The molecule has 0 bridgehead atoms. The Kier molecular flexibility index (Phi) is 6.52. The fraction of sp³-hybridized carbons (Fsp3) is 0.647. The van der Waals surface area contributed by atoms with E-state index in [-0.39, 0.29) is 0 Å². The molecule has 0 saturated carbocycles. The van der Waals surface area contributed by atoms with Crippen LogP contribution in [-0.4, -0.2) is 30.8 Å². The van der Waals surface area contributed by atoms with E-state index in [4.69, 9.17) is 0 Å². The van der Waals surface area contributed by atoms with Crippen molar-refractivity contribution in [1.29, 1.82) is 0 Å². The van der Waals surface area contributed by atoms with Gasteiger partial charge in [-0.3, -0.25) is 0 Å². The van der Waals surface area contributed by atoms with Crippen molar-refractivity contribution in [2.45, 2.75) is 45.7 Å². The monoisotopic (exact) mass is 354 g/mol. The lowest BCUT2D eigenvalue weighted by molar-refractivity contribution is 0.244. The van der Waals surface area contributed by atoms with Crippen LogP contribution in [0.1, 0.15) is 38.7 Å². The highest BCUT2D eigenvalue weighted by molar-refractivity contribution is 9.10. The summed E-state index contributed by atoms with van der Waals surface area (Å²) in [7, 11) is 0. The molecular formula is C17H27BrN2O. The van der Waals surface area contributed by atoms with E-state index in [1.807, 2.05) is 0 Å². The number of hydrogen-bond acceptors (Lipinski definition) is 3. The number of nitrogens with one attached hydrogen (secondary N) is 1. The topological polar surface area (TPSA) is 35.5 Å². The summed E-state index contributed by atoms with van der Waals surface area (Å²) in [6.45, 7) is 7.74. The summed E-state index contributed by atoms with van der Waals surface area (Å²) in [5.74, 6) is 0.619. The number of benzene rings is 1. The first-order chi connectivity index (χ1) is 10.1. The Bertz CT molecular complexity index is 448. The first kappa shape index (κ1) is 16.8. The maximum absolute atomic E-state index is 9.18. The smallest absolute Gasteiger partial charge is 0.0434 e. The molecule has 0 amide bonds. The van der Waals surface area contributed by atoms with Gasteiger partial charge in [0.1, 0.15) is 0 Å².